The van der Waals surface area contributed by atoms with Crippen LogP contribution in [0.2, 0.25) is 10.2 Å². The lowest BCUT2D eigenvalue weighted by atomic mass is 10.1. The average Bonchev–Trinajstić information content (AvgIpc) is 3.22. The quantitative estimate of drug-likeness (QED) is 0.866. The summed E-state index contributed by atoms with van der Waals surface area (Å²) >= 11 is 11.9. The molecule has 1 aliphatic rings. The summed E-state index contributed by atoms with van der Waals surface area (Å²) in [7, 11) is 0. The Labute approximate surface area is 126 Å². The van der Waals surface area contributed by atoms with Gasteiger partial charge < -0.3 is 5.32 Å². The summed E-state index contributed by atoms with van der Waals surface area (Å²) in [5.74, 6) is 0.188. The van der Waals surface area contributed by atoms with E-state index in [-0.39, 0.29) is 17.7 Å². The normalized spacial score (nSPS) is 20.5. The molecule has 3 rings (SSSR count). The Hall–Kier alpha value is -1.58. The van der Waals surface area contributed by atoms with Gasteiger partial charge in [-0.05, 0) is 36.1 Å². The Morgan fingerprint density at radius 3 is 2.70 bits per heavy atom. The smallest absolute Gasteiger partial charge is 0.228 e. The summed E-state index contributed by atoms with van der Waals surface area (Å²) in [5, 5.41) is 3.98. The van der Waals surface area contributed by atoms with Crippen molar-refractivity contribution in [2.45, 2.75) is 12.3 Å². The third kappa shape index (κ3) is 2.79. The highest BCUT2D eigenvalue weighted by Gasteiger charge is 2.44. The molecule has 20 heavy (non-hydrogen) atoms. The zero-order valence-electron chi connectivity index (χ0n) is 10.5. The molecule has 1 aliphatic carbocycles. The molecule has 0 aliphatic heterocycles. The molecule has 1 heterocycles. The molecule has 2 atom stereocenters. The fourth-order valence-electron chi connectivity index (χ4n) is 2.29. The number of aromatic nitrogens is 1. The lowest BCUT2D eigenvalue weighted by Crippen LogP contribution is -2.14. The van der Waals surface area contributed by atoms with Crippen LogP contribution in [0.1, 0.15) is 17.9 Å². The molecule has 0 spiro atoms. The van der Waals surface area contributed by atoms with Crippen molar-refractivity contribution < 1.29 is 4.79 Å². The van der Waals surface area contributed by atoms with Gasteiger partial charge in [0.15, 0.2) is 0 Å². The summed E-state index contributed by atoms with van der Waals surface area (Å²) in [5.41, 5.74) is 1.70. The van der Waals surface area contributed by atoms with Gasteiger partial charge in [-0.15, -0.1) is 0 Å². The standard InChI is InChI=1S/C15H12Cl2N2O/c16-13-4-2-1-3-10(13)11-7-12(11)15(20)19-9-5-6-14(17)18-8-9/h1-6,8,11-12H,7H2,(H,19,20). The van der Waals surface area contributed by atoms with Gasteiger partial charge in [-0.1, -0.05) is 41.4 Å². The number of carbonyl (C=O) groups is 1. The molecule has 102 valence electrons. The molecule has 3 nitrogen and oxygen atoms in total. The molecule has 1 saturated carbocycles. The van der Waals surface area contributed by atoms with E-state index in [0.717, 1.165) is 17.0 Å². The zero-order valence-corrected chi connectivity index (χ0v) is 12.0. The van der Waals surface area contributed by atoms with Crippen LogP contribution in [0.25, 0.3) is 0 Å². The van der Waals surface area contributed by atoms with Crippen molar-refractivity contribution in [2.75, 3.05) is 5.32 Å². The molecule has 1 aromatic carbocycles. The summed E-state index contributed by atoms with van der Waals surface area (Å²) in [6.07, 6.45) is 2.38. The van der Waals surface area contributed by atoms with Gasteiger partial charge in [0.25, 0.3) is 0 Å². The Morgan fingerprint density at radius 2 is 2.00 bits per heavy atom. The first kappa shape index (κ1) is 13.4. The van der Waals surface area contributed by atoms with Crippen molar-refractivity contribution in [2.24, 2.45) is 5.92 Å². The second-order valence-corrected chi connectivity index (χ2v) is 5.62. The van der Waals surface area contributed by atoms with Crippen molar-refractivity contribution in [3.8, 4) is 0 Å². The first-order valence-electron chi connectivity index (χ1n) is 6.32. The molecule has 1 fully saturated rings. The van der Waals surface area contributed by atoms with Gasteiger partial charge >= 0.3 is 0 Å². The molecular formula is C15H12Cl2N2O. The second kappa shape index (κ2) is 5.43. The number of carbonyl (C=O) groups excluding carboxylic acids is 1. The van der Waals surface area contributed by atoms with Crippen molar-refractivity contribution >= 4 is 34.8 Å². The van der Waals surface area contributed by atoms with Crippen molar-refractivity contribution in [1.82, 2.24) is 4.98 Å². The maximum Gasteiger partial charge on any atom is 0.228 e. The number of amides is 1. The first-order chi connectivity index (χ1) is 9.65. The van der Waals surface area contributed by atoms with Crippen LogP contribution >= 0.6 is 23.2 Å². The van der Waals surface area contributed by atoms with Crippen molar-refractivity contribution in [3.05, 3.63) is 58.3 Å². The van der Waals surface area contributed by atoms with Gasteiger partial charge in [0, 0.05) is 10.9 Å². The maximum absolute atomic E-state index is 12.1. The van der Waals surface area contributed by atoms with E-state index >= 15 is 0 Å². The second-order valence-electron chi connectivity index (χ2n) is 4.83. The van der Waals surface area contributed by atoms with Crippen LogP contribution in [0.3, 0.4) is 0 Å². The van der Waals surface area contributed by atoms with E-state index in [0.29, 0.717) is 10.8 Å². The van der Waals surface area contributed by atoms with E-state index in [4.69, 9.17) is 23.2 Å². The Kier molecular flexibility index (Phi) is 3.64. The fraction of sp³-hybridized carbons (Fsp3) is 0.200. The van der Waals surface area contributed by atoms with E-state index in [1.54, 1.807) is 18.3 Å². The Balaban J connectivity index is 1.66. The Bertz CT molecular complexity index is 643. The van der Waals surface area contributed by atoms with Gasteiger partial charge in [-0.25, -0.2) is 4.98 Å². The van der Waals surface area contributed by atoms with Gasteiger partial charge in [0.2, 0.25) is 5.91 Å². The van der Waals surface area contributed by atoms with Crippen LogP contribution < -0.4 is 5.32 Å². The first-order valence-corrected chi connectivity index (χ1v) is 7.07. The summed E-state index contributed by atoms with van der Waals surface area (Å²) < 4.78 is 0. The molecule has 0 bridgehead atoms. The van der Waals surface area contributed by atoms with E-state index in [9.17, 15) is 4.79 Å². The molecule has 5 heteroatoms. The fourth-order valence-corrected chi connectivity index (χ4v) is 2.68. The lowest BCUT2D eigenvalue weighted by Gasteiger charge is -2.05. The molecule has 1 amide bonds. The van der Waals surface area contributed by atoms with E-state index in [1.165, 1.54) is 0 Å². The van der Waals surface area contributed by atoms with Crippen LogP contribution in [0, 0.1) is 5.92 Å². The third-order valence-electron chi connectivity index (χ3n) is 3.43. The predicted octanol–water partition coefficient (Wildman–Crippen LogP) is 4.13. The van der Waals surface area contributed by atoms with E-state index < -0.39 is 0 Å². The number of nitrogens with zero attached hydrogens (tertiary/aromatic N) is 1. The summed E-state index contributed by atoms with van der Waals surface area (Å²) in [6.45, 7) is 0. The minimum absolute atomic E-state index is 0.000887. The highest BCUT2D eigenvalue weighted by Crippen LogP contribution is 2.49. The number of pyridine rings is 1. The highest BCUT2D eigenvalue weighted by molar-refractivity contribution is 6.31. The largest absolute Gasteiger partial charge is 0.324 e. The minimum Gasteiger partial charge on any atom is -0.324 e. The predicted molar refractivity (Wildman–Crippen MR) is 80.2 cm³/mol. The van der Waals surface area contributed by atoms with E-state index in [2.05, 4.69) is 10.3 Å². The number of rotatable bonds is 3. The van der Waals surface area contributed by atoms with Crippen molar-refractivity contribution in [3.63, 3.8) is 0 Å². The SMILES string of the molecule is O=C(Nc1ccc(Cl)nc1)C1CC1c1ccccc1Cl. The third-order valence-corrected chi connectivity index (χ3v) is 3.99. The van der Waals surface area contributed by atoms with Gasteiger partial charge in [0.1, 0.15) is 5.15 Å². The topological polar surface area (TPSA) is 42.0 Å². The monoisotopic (exact) mass is 306 g/mol. The number of hydrogen-bond donors (Lipinski definition) is 1. The molecule has 2 unspecified atom stereocenters. The molecule has 0 saturated heterocycles. The molecular weight excluding hydrogens is 295 g/mol. The van der Waals surface area contributed by atoms with Crippen LogP contribution in [0.4, 0.5) is 5.69 Å². The average molecular weight is 307 g/mol. The van der Waals surface area contributed by atoms with Gasteiger partial charge in [0.05, 0.1) is 11.9 Å². The molecule has 1 aromatic heterocycles. The van der Waals surface area contributed by atoms with Gasteiger partial charge in [-0.3, -0.25) is 4.79 Å². The van der Waals surface area contributed by atoms with Gasteiger partial charge in [-0.2, -0.15) is 0 Å². The number of anilines is 1. The molecule has 0 radical (unpaired) electrons. The number of nitrogens with one attached hydrogen (secondary N) is 1. The minimum atomic E-state index is -0.0226. The maximum atomic E-state index is 12.1. The number of halogens is 2. The lowest BCUT2D eigenvalue weighted by molar-refractivity contribution is -0.117. The summed E-state index contributed by atoms with van der Waals surface area (Å²) in [4.78, 5) is 16.1. The highest BCUT2D eigenvalue weighted by atomic mass is 35.5. The number of benzene rings is 1. The van der Waals surface area contributed by atoms with Crippen LogP contribution in [0.15, 0.2) is 42.6 Å². The van der Waals surface area contributed by atoms with Crippen LogP contribution in [-0.4, -0.2) is 10.9 Å². The Morgan fingerprint density at radius 1 is 1.20 bits per heavy atom. The molecule has 2 aromatic rings. The van der Waals surface area contributed by atoms with E-state index in [1.807, 2.05) is 24.3 Å². The van der Waals surface area contributed by atoms with Crippen molar-refractivity contribution in [1.29, 1.82) is 0 Å². The number of hydrogen-bond acceptors (Lipinski definition) is 2. The molecule has 1 N–H and O–H groups in total. The summed E-state index contributed by atoms with van der Waals surface area (Å²) in [6, 6.07) is 11.0. The van der Waals surface area contributed by atoms with Crippen LogP contribution in [0.5, 0.6) is 0 Å². The zero-order chi connectivity index (χ0) is 14.1. The van der Waals surface area contributed by atoms with Crippen LogP contribution in [-0.2, 0) is 4.79 Å².